The summed E-state index contributed by atoms with van der Waals surface area (Å²) in [5.74, 6) is 1.22. The van der Waals surface area contributed by atoms with Gasteiger partial charge >= 0.3 is 0 Å². The van der Waals surface area contributed by atoms with Gasteiger partial charge in [0.25, 0.3) is 0 Å². The van der Waals surface area contributed by atoms with Crippen molar-refractivity contribution < 1.29 is 14.3 Å². The molecule has 2 aromatic carbocycles. The largest absolute Gasteiger partial charge is 0.493 e. The molecule has 1 unspecified atom stereocenters. The fourth-order valence-electron chi connectivity index (χ4n) is 2.98. The zero-order valence-electron chi connectivity index (χ0n) is 17.2. The minimum Gasteiger partial charge on any atom is -0.493 e. The molecule has 0 bridgehead atoms. The highest BCUT2D eigenvalue weighted by molar-refractivity contribution is 6.31. The van der Waals surface area contributed by atoms with Gasteiger partial charge in [0.1, 0.15) is 6.04 Å². The number of ether oxygens (including phenoxy) is 2. The van der Waals surface area contributed by atoms with E-state index in [4.69, 9.17) is 21.1 Å². The predicted octanol–water partition coefficient (Wildman–Crippen LogP) is 3.55. The Morgan fingerprint density at radius 3 is 2.45 bits per heavy atom. The van der Waals surface area contributed by atoms with E-state index in [2.05, 4.69) is 6.07 Å². The van der Waals surface area contributed by atoms with Crippen molar-refractivity contribution in [3.8, 4) is 17.6 Å². The number of amides is 1. The molecule has 154 valence electrons. The number of nitrogens with zero attached hydrogens (tertiary/aromatic N) is 3. The quantitative estimate of drug-likeness (QED) is 0.626. The van der Waals surface area contributed by atoms with E-state index in [1.165, 1.54) is 4.90 Å². The second kappa shape index (κ2) is 10.7. The van der Waals surface area contributed by atoms with Crippen LogP contribution in [-0.4, -0.2) is 57.1 Å². The van der Waals surface area contributed by atoms with Crippen molar-refractivity contribution in [1.29, 1.82) is 5.26 Å². The van der Waals surface area contributed by atoms with Crippen LogP contribution in [0.15, 0.2) is 42.5 Å². The lowest BCUT2D eigenvalue weighted by Gasteiger charge is -2.26. The molecule has 1 atom stereocenters. The summed E-state index contributed by atoms with van der Waals surface area (Å²) in [4.78, 5) is 16.1. The van der Waals surface area contributed by atoms with Crippen molar-refractivity contribution in [2.24, 2.45) is 0 Å². The van der Waals surface area contributed by atoms with Crippen LogP contribution >= 0.6 is 11.6 Å². The number of hydrogen-bond acceptors (Lipinski definition) is 5. The van der Waals surface area contributed by atoms with Gasteiger partial charge in [0.15, 0.2) is 11.5 Å². The normalized spacial score (nSPS) is 11.6. The molecule has 0 saturated heterocycles. The highest BCUT2D eigenvalue weighted by Gasteiger charge is 2.24. The van der Waals surface area contributed by atoms with Gasteiger partial charge < -0.3 is 14.4 Å². The van der Waals surface area contributed by atoms with Crippen LogP contribution in [0.4, 0.5) is 0 Å². The number of methoxy groups -OCH3 is 2. The minimum atomic E-state index is -0.726. The molecule has 0 heterocycles. The van der Waals surface area contributed by atoms with E-state index in [1.54, 1.807) is 45.5 Å². The van der Waals surface area contributed by atoms with Crippen molar-refractivity contribution in [2.75, 3.05) is 41.4 Å². The summed E-state index contributed by atoms with van der Waals surface area (Å²) in [6, 6.07) is 14.3. The number of likely N-dealkylation sites (N-methyl/N-ethyl adjacent to an activating group) is 2. The number of benzene rings is 2. The summed E-state index contributed by atoms with van der Waals surface area (Å²) < 4.78 is 10.6. The van der Waals surface area contributed by atoms with Gasteiger partial charge in [-0.3, -0.25) is 9.69 Å². The zero-order valence-corrected chi connectivity index (χ0v) is 17.9. The third-order valence-electron chi connectivity index (χ3n) is 4.74. The molecule has 29 heavy (non-hydrogen) atoms. The molecule has 0 spiro atoms. The number of hydrogen-bond donors (Lipinski definition) is 0. The van der Waals surface area contributed by atoms with Crippen LogP contribution in [-0.2, 0) is 11.2 Å². The van der Waals surface area contributed by atoms with Crippen LogP contribution in [0.2, 0.25) is 5.02 Å². The Morgan fingerprint density at radius 1 is 1.14 bits per heavy atom. The van der Waals surface area contributed by atoms with Crippen LogP contribution in [0.25, 0.3) is 0 Å². The summed E-state index contributed by atoms with van der Waals surface area (Å²) in [7, 11) is 6.71. The van der Waals surface area contributed by atoms with Crippen molar-refractivity contribution in [3.05, 3.63) is 58.6 Å². The molecule has 0 fully saturated rings. The highest BCUT2D eigenvalue weighted by atomic mass is 35.5. The molecule has 2 aromatic rings. The Hall–Kier alpha value is -2.75. The third kappa shape index (κ3) is 5.86. The van der Waals surface area contributed by atoms with Crippen LogP contribution < -0.4 is 9.47 Å². The second-order valence-corrected chi connectivity index (χ2v) is 7.14. The molecule has 0 N–H and O–H groups in total. The van der Waals surface area contributed by atoms with Crippen LogP contribution in [0.5, 0.6) is 11.5 Å². The summed E-state index contributed by atoms with van der Waals surface area (Å²) in [6.07, 6.45) is 0.750. The first-order chi connectivity index (χ1) is 13.9. The lowest BCUT2D eigenvalue weighted by Crippen LogP contribution is -2.39. The lowest BCUT2D eigenvalue weighted by molar-refractivity contribution is -0.132. The molecule has 0 aliphatic carbocycles. The first-order valence-electron chi connectivity index (χ1n) is 9.20. The van der Waals surface area contributed by atoms with Gasteiger partial charge in [0, 0.05) is 24.2 Å². The van der Waals surface area contributed by atoms with E-state index < -0.39 is 6.04 Å². The average molecular weight is 416 g/mol. The number of halogens is 1. The second-order valence-electron chi connectivity index (χ2n) is 6.73. The first kappa shape index (κ1) is 22.5. The van der Waals surface area contributed by atoms with Crippen LogP contribution in [0.1, 0.15) is 17.2 Å². The summed E-state index contributed by atoms with van der Waals surface area (Å²) in [5.41, 5.74) is 1.71. The first-order valence-corrected chi connectivity index (χ1v) is 9.58. The van der Waals surface area contributed by atoms with Gasteiger partial charge in [0.05, 0.1) is 26.8 Å². The van der Waals surface area contributed by atoms with E-state index in [0.29, 0.717) is 28.6 Å². The van der Waals surface area contributed by atoms with Gasteiger partial charge in [-0.05, 0) is 37.2 Å². The Kier molecular flexibility index (Phi) is 8.32. The number of nitriles is 1. The Morgan fingerprint density at radius 2 is 1.83 bits per heavy atom. The number of carbonyl (C=O) groups excluding carboxylic acids is 1. The smallest absolute Gasteiger partial charge is 0.237 e. The van der Waals surface area contributed by atoms with Crippen LogP contribution in [0, 0.1) is 11.3 Å². The molecule has 1 amide bonds. The topological polar surface area (TPSA) is 65.8 Å². The van der Waals surface area contributed by atoms with Gasteiger partial charge in [-0.2, -0.15) is 5.26 Å². The van der Waals surface area contributed by atoms with Crippen molar-refractivity contribution in [2.45, 2.75) is 12.5 Å². The van der Waals surface area contributed by atoms with Gasteiger partial charge in [-0.15, -0.1) is 0 Å². The van der Waals surface area contributed by atoms with Gasteiger partial charge in [-0.1, -0.05) is 35.9 Å². The van der Waals surface area contributed by atoms with Crippen molar-refractivity contribution in [1.82, 2.24) is 9.80 Å². The minimum absolute atomic E-state index is 0.147. The van der Waals surface area contributed by atoms with Gasteiger partial charge in [-0.25, -0.2) is 0 Å². The van der Waals surface area contributed by atoms with Crippen LogP contribution in [0.3, 0.4) is 0 Å². The fraction of sp³-hybridized carbons (Fsp3) is 0.364. The van der Waals surface area contributed by atoms with E-state index in [-0.39, 0.29) is 12.5 Å². The monoisotopic (exact) mass is 415 g/mol. The number of carbonyl (C=O) groups is 1. The molecule has 0 aliphatic heterocycles. The van der Waals surface area contributed by atoms with E-state index in [0.717, 1.165) is 12.0 Å². The summed E-state index contributed by atoms with van der Waals surface area (Å²) in [5, 5.41) is 10.0. The van der Waals surface area contributed by atoms with Crippen molar-refractivity contribution >= 4 is 17.5 Å². The number of rotatable bonds is 9. The third-order valence-corrected chi connectivity index (χ3v) is 5.08. The summed E-state index contributed by atoms with van der Waals surface area (Å²) >= 11 is 6.20. The fourth-order valence-corrected chi connectivity index (χ4v) is 3.22. The molecule has 2 rings (SSSR count). The molecule has 0 aromatic heterocycles. The highest BCUT2D eigenvalue weighted by Crippen LogP contribution is 2.28. The molecule has 0 aliphatic rings. The maximum Gasteiger partial charge on any atom is 0.237 e. The van der Waals surface area contributed by atoms with E-state index in [1.807, 2.05) is 30.1 Å². The molecular weight excluding hydrogens is 390 g/mol. The molecule has 0 radical (unpaired) electrons. The molecule has 7 heteroatoms. The SMILES string of the molecule is COc1ccc(CCN(C)CC(=O)N(C)C(C#N)c2ccccc2Cl)cc1OC. The molecular formula is C22H26ClN3O3. The van der Waals surface area contributed by atoms with E-state index in [9.17, 15) is 10.1 Å². The average Bonchev–Trinajstić information content (AvgIpc) is 2.73. The lowest BCUT2D eigenvalue weighted by atomic mass is 10.1. The zero-order chi connectivity index (χ0) is 21.4. The predicted molar refractivity (Wildman–Crippen MR) is 113 cm³/mol. The maximum absolute atomic E-state index is 12.7. The van der Waals surface area contributed by atoms with E-state index >= 15 is 0 Å². The summed E-state index contributed by atoms with van der Waals surface area (Å²) in [6.45, 7) is 0.880. The van der Waals surface area contributed by atoms with Gasteiger partial charge in [0.2, 0.25) is 5.91 Å². The Bertz CT molecular complexity index is 882. The molecule has 0 saturated carbocycles. The Labute approximate surface area is 177 Å². The maximum atomic E-state index is 12.7. The Balaban J connectivity index is 1.96. The van der Waals surface area contributed by atoms with Crippen molar-refractivity contribution in [3.63, 3.8) is 0 Å². The standard InChI is InChI=1S/C22H26ClN3O3/c1-25(12-11-16-9-10-20(28-3)21(13-16)29-4)15-22(27)26(2)19(14-24)17-7-5-6-8-18(17)23/h5-10,13,19H,11-12,15H2,1-4H3. The molecule has 6 nitrogen and oxygen atoms in total.